The highest BCUT2D eigenvalue weighted by atomic mass is 15.3. The Morgan fingerprint density at radius 1 is 1.20 bits per heavy atom. The Hall–Kier alpha value is -2.18. The summed E-state index contributed by atoms with van der Waals surface area (Å²) in [4.78, 5) is 14.3. The molecule has 1 fully saturated rings. The largest absolute Gasteiger partial charge is 0.337 e. The van der Waals surface area contributed by atoms with Crippen molar-refractivity contribution in [1.29, 1.82) is 0 Å². The normalized spacial score (nSPS) is 19.7. The maximum atomic E-state index is 4.82. The summed E-state index contributed by atoms with van der Waals surface area (Å²) in [5.41, 5.74) is 3.44. The molecule has 0 amide bonds. The van der Waals surface area contributed by atoms with Crippen molar-refractivity contribution in [2.24, 2.45) is 7.05 Å². The van der Waals surface area contributed by atoms with E-state index in [9.17, 15) is 0 Å². The second-order valence-electron chi connectivity index (χ2n) is 7.16. The second-order valence-corrected chi connectivity index (χ2v) is 7.16. The first-order valence-electron chi connectivity index (χ1n) is 8.96. The summed E-state index contributed by atoms with van der Waals surface area (Å²) in [6, 6.07) is 4.71. The van der Waals surface area contributed by atoms with Gasteiger partial charge in [-0.15, -0.1) is 0 Å². The topological polar surface area (TPSA) is 41.6 Å². The molecule has 0 bridgehead atoms. The molecule has 1 saturated heterocycles. The Morgan fingerprint density at radius 3 is 2.80 bits per heavy atom. The molecule has 0 spiro atoms. The van der Waals surface area contributed by atoms with E-state index >= 15 is 0 Å². The van der Waals surface area contributed by atoms with Gasteiger partial charge in [0.15, 0.2) is 0 Å². The summed E-state index contributed by atoms with van der Waals surface area (Å²) in [5.74, 6) is 1.14. The Labute approximate surface area is 148 Å². The van der Waals surface area contributed by atoms with Crippen LogP contribution in [0.2, 0.25) is 0 Å². The minimum Gasteiger partial charge on any atom is -0.337 e. The summed E-state index contributed by atoms with van der Waals surface area (Å²) in [6.07, 6.45) is 8.13. The third kappa shape index (κ3) is 3.32. The van der Waals surface area contributed by atoms with Crippen molar-refractivity contribution in [2.75, 3.05) is 19.6 Å². The molecule has 0 aromatic carbocycles. The van der Waals surface area contributed by atoms with Gasteiger partial charge in [0.25, 0.3) is 0 Å². The lowest BCUT2D eigenvalue weighted by atomic mass is 10.2. The molecule has 1 atom stereocenters. The maximum absolute atomic E-state index is 4.82. The molecule has 1 unspecified atom stereocenters. The lowest BCUT2D eigenvalue weighted by Gasteiger charge is -2.39. The summed E-state index contributed by atoms with van der Waals surface area (Å²) in [6.45, 7) is 9.47. The molecule has 1 aliphatic rings. The zero-order chi connectivity index (χ0) is 17.4. The Balaban J connectivity index is 1.40. The lowest BCUT2D eigenvalue weighted by molar-refractivity contribution is 0.0701. The van der Waals surface area contributed by atoms with Gasteiger partial charge in [-0.1, -0.05) is 6.07 Å². The predicted octanol–water partition coefficient (Wildman–Crippen LogP) is 2.08. The van der Waals surface area contributed by atoms with Crippen molar-refractivity contribution in [3.8, 4) is 0 Å². The standard InChI is InChI=1S/C19H26N6/c1-15-5-4-7-25-13-17(21-19(15)25)12-23-9-10-24(16(2)11-23)14-18-20-6-8-22(18)3/h4-8,13,16H,9-12,14H2,1-3H3. The highest BCUT2D eigenvalue weighted by molar-refractivity contribution is 5.47. The molecule has 0 radical (unpaired) electrons. The molecule has 0 saturated carbocycles. The molecule has 4 rings (SSSR count). The van der Waals surface area contributed by atoms with Crippen LogP contribution in [-0.2, 0) is 20.1 Å². The van der Waals surface area contributed by atoms with Gasteiger partial charge in [-0.2, -0.15) is 0 Å². The molecule has 0 aliphatic carbocycles. The van der Waals surface area contributed by atoms with Crippen LogP contribution in [0.4, 0.5) is 0 Å². The molecular formula is C19H26N6. The van der Waals surface area contributed by atoms with E-state index in [-0.39, 0.29) is 0 Å². The average molecular weight is 338 g/mol. The van der Waals surface area contributed by atoms with Crippen LogP contribution in [-0.4, -0.2) is 54.4 Å². The summed E-state index contributed by atoms with van der Waals surface area (Å²) >= 11 is 0. The monoisotopic (exact) mass is 338 g/mol. The number of aromatic nitrogens is 4. The van der Waals surface area contributed by atoms with Gasteiger partial charge in [0.1, 0.15) is 11.5 Å². The van der Waals surface area contributed by atoms with Gasteiger partial charge >= 0.3 is 0 Å². The van der Waals surface area contributed by atoms with E-state index < -0.39 is 0 Å². The number of hydrogen-bond donors (Lipinski definition) is 0. The summed E-state index contributed by atoms with van der Waals surface area (Å²) in [5, 5.41) is 0. The fourth-order valence-corrected chi connectivity index (χ4v) is 3.69. The SMILES string of the molecule is Cc1cccn2cc(CN3CCN(Cc4nccn4C)C(C)C3)nc12. The van der Waals surface area contributed by atoms with E-state index in [4.69, 9.17) is 4.98 Å². The van der Waals surface area contributed by atoms with Crippen LogP contribution in [0.1, 0.15) is 24.0 Å². The Kier molecular flexibility index (Phi) is 4.31. The quantitative estimate of drug-likeness (QED) is 0.730. The van der Waals surface area contributed by atoms with Gasteiger partial charge in [0.05, 0.1) is 12.2 Å². The van der Waals surface area contributed by atoms with E-state index in [1.54, 1.807) is 0 Å². The second kappa shape index (κ2) is 6.61. The van der Waals surface area contributed by atoms with Crippen molar-refractivity contribution in [3.63, 3.8) is 0 Å². The molecule has 6 nitrogen and oxygen atoms in total. The van der Waals surface area contributed by atoms with E-state index in [0.717, 1.165) is 49.9 Å². The van der Waals surface area contributed by atoms with Crippen LogP contribution in [0.15, 0.2) is 36.9 Å². The first-order chi connectivity index (χ1) is 12.1. The van der Waals surface area contributed by atoms with Crippen LogP contribution in [0.5, 0.6) is 0 Å². The number of rotatable bonds is 4. The number of pyridine rings is 1. The van der Waals surface area contributed by atoms with E-state index in [2.05, 4.69) is 69.2 Å². The average Bonchev–Trinajstić information content (AvgIpc) is 3.17. The van der Waals surface area contributed by atoms with Crippen molar-refractivity contribution < 1.29 is 0 Å². The molecule has 6 heteroatoms. The molecule has 1 aliphatic heterocycles. The van der Waals surface area contributed by atoms with Crippen LogP contribution in [0.25, 0.3) is 5.65 Å². The third-order valence-corrected chi connectivity index (χ3v) is 5.23. The smallest absolute Gasteiger partial charge is 0.139 e. The molecule has 4 heterocycles. The van der Waals surface area contributed by atoms with Gasteiger partial charge in [-0.05, 0) is 25.5 Å². The summed E-state index contributed by atoms with van der Waals surface area (Å²) in [7, 11) is 2.06. The van der Waals surface area contributed by atoms with Gasteiger partial charge in [-0.3, -0.25) is 9.80 Å². The van der Waals surface area contributed by atoms with E-state index in [0.29, 0.717) is 6.04 Å². The number of nitrogens with zero attached hydrogens (tertiary/aromatic N) is 6. The van der Waals surface area contributed by atoms with Crippen molar-refractivity contribution in [3.05, 3.63) is 54.0 Å². The van der Waals surface area contributed by atoms with E-state index in [1.807, 2.05) is 12.4 Å². The van der Waals surface area contributed by atoms with Crippen LogP contribution < -0.4 is 0 Å². The number of aryl methyl sites for hydroxylation is 2. The molecular weight excluding hydrogens is 312 g/mol. The third-order valence-electron chi connectivity index (χ3n) is 5.23. The van der Waals surface area contributed by atoms with Gasteiger partial charge in [0, 0.05) is 64.1 Å². The van der Waals surface area contributed by atoms with Crippen molar-refractivity contribution in [1.82, 2.24) is 28.7 Å². The lowest BCUT2D eigenvalue weighted by Crippen LogP contribution is -2.51. The fourth-order valence-electron chi connectivity index (χ4n) is 3.69. The molecule has 0 N–H and O–H groups in total. The predicted molar refractivity (Wildman–Crippen MR) is 98.3 cm³/mol. The number of imidazole rings is 2. The van der Waals surface area contributed by atoms with Crippen molar-refractivity contribution >= 4 is 5.65 Å². The van der Waals surface area contributed by atoms with Crippen LogP contribution in [0.3, 0.4) is 0 Å². The number of piperazine rings is 1. The fraction of sp³-hybridized carbons (Fsp3) is 0.474. The number of fused-ring (bicyclic) bond motifs is 1. The highest BCUT2D eigenvalue weighted by Gasteiger charge is 2.25. The first kappa shape index (κ1) is 16.3. The zero-order valence-corrected chi connectivity index (χ0v) is 15.3. The van der Waals surface area contributed by atoms with E-state index in [1.165, 1.54) is 5.56 Å². The zero-order valence-electron chi connectivity index (χ0n) is 15.3. The van der Waals surface area contributed by atoms with Gasteiger partial charge < -0.3 is 8.97 Å². The van der Waals surface area contributed by atoms with Gasteiger partial charge in [-0.25, -0.2) is 9.97 Å². The highest BCUT2D eigenvalue weighted by Crippen LogP contribution is 2.16. The Bertz CT molecular complexity index is 864. The number of hydrogen-bond acceptors (Lipinski definition) is 4. The van der Waals surface area contributed by atoms with Gasteiger partial charge in [0.2, 0.25) is 0 Å². The van der Waals surface area contributed by atoms with Crippen molar-refractivity contribution in [2.45, 2.75) is 33.0 Å². The maximum Gasteiger partial charge on any atom is 0.139 e. The summed E-state index contributed by atoms with van der Waals surface area (Å²) < 4.78 is 4.24. The first-order valence-corrected chi connectivity index (χ1v) is 8.96. The minimum absolute atomic E-state index is 0.518. The molecule has 25 heavy (non-hydrogen) atoms. The molecule has 3 aromatic rings. The van der Waals surface area contributed by atoms with Crippen LogP contribution >= 0.6 is 0 Å². The molecule has 132 valence electrons. The molecule has 3 aromatic heterocycles. The van der Waals surface area contributed by atoms with Crippen LogP contribution in [0, 0.1) is 6.92 Å². The Morgan fingerprint density at radius 2 is 2.08 bits per heavy atom. The minimum atomic E-state index is 0.518.